The summed E-state index contributed by atoms with van der Waals surface area (Å²) < 4.78 is 1.25. The fourth-order valence-corrected chi connectivity index (χ4v) is 2.53. The lowest BCUT2D eigenvalue weighted by Gasteiger charge is -2.17. The second kappa shape index (κ2) is 6.04. The van der Waals surface area contributed by atoms with Crippen molar-refractivity contribution in [3.63, 3.8) is 0 Å². The van der Waals surface area contributed by atoms with Crippen molar-refractivity contribution in [3.8, 4) is 11.3 Å². The van der Waals surface area contributed by atoms with E-state index in [1.54, 1.807) is 6.07 Å². The van der Waals surface area contributed by atoms with Crippen LogP contribution in [0, 0.1) is 5.41 Å². The Labute approximate surface area is 140 Å². The zero-order valence-electron chi connectivity index (χ0n) is 14.1. The Hall–Kier alpha value is -2.75. The molecule has 3 aromatic rings. The number of fused-ring (bicyclic) bond motifs is 1. The Kier molecular flexibility index (Phi) is 4.06. The highest BCUT2D eigenvalue weighted by Gasteiger charge is 2.22. The van der Waals surface area contributed by atoms with Crippen LogP contribution in [0.15, 0.2) is 59.4 Å². The predicted molar refractivity (Wildman–Crippen MR) is 95.9 cm³/mol. The number of carbonyl (C=O) groups excluding carboxylic acids is 1. The summed E-state index contributed by atoms with van der Waals surface area (Å²) in [5.41, 5.74) is 0.867. The van der Waals surface area contributed by atoms with Crippen LogP contribution in [0.2, 0.25) is 0 Å². The Morgan fingerprint density at radius 3 is 2.46 bits per heavy atom. The molecule has 4 heteroatoms. The van der Waals surface area contributed by atoms with Crippen molar-refractivity contribution in [1.82, 2.24) is 9.78 Å². The van der Waals surface area contributed by atoms with Crippen molar-refractivity contribution in [3.05, 3.63) is 65.0 Å². The average molecular weight is 320 g/mol. The second-order valence-electron chi connectivity index (χ2n) is 6.91. The largest absolute Gasteiger partial charge is 0.297 e. The van der Waals surface area contributed by atoms with Gasteiger partial charge in [-0.25, -0.2) is 4.68 Å². The maximum absolute atomic E-state index is 12.2. The summed E-state index contributed by atoms with van der Waals surface area (Å²) in [4.78, 5) is 24.3. The fourth-order valence-electron chi connectivity index (χ4n) is 2.53. The van der Waals surface area contributed by atoms with Gasteiger partial charge in [0.05, 0.1) is 5.69 Å². The van der Waals surface area contributed by atoms with E-state index in [0.29, 0.717) is 5.69 Å². The van der Waals surface area contributed by atoms with Crippen molar-refractivity contribution in [2.24, 2.45) is 5.41 Å². The summed E-state index contributed by atoms with van der Waals surface area (Å²) in [5, 5.41) is 6.61. The van der Waals surface area contributed by atoms with E-state index >= 15 is 0 Å². The molecule has 0 saturated carbocycles. The number of nitrogens with zero attached hydrogens (tertiary/aromatic N) is 2. The zero-order valence-corrected chi connectivity index (χ0v) is 14.1. The minimum Gasteiger partial charge on any atom is -0.297 e. The van der Waals surface area contributed by atoms with Crippen molar-refractivity contribution in [1.29, 1.82) is 0 Å². The molecule has 0 aliphatic carbocycles. The third-order valence-corrected chi connectivity index (χ3v) is 4.06. The van der Waals surface area contributed by atoms with Gasteiger partial charge in [-0.1, -0.05) is 63.2 Å². The highest BCUT2D eigenvalue weighted by atomic mass is 16.1. The molecule has 0 N–H and O–H groups in total. The van der Waals surface area contributed by atoms with Crippen LogP contribution >= 0.6 is 0 Å². The van der Waals surface area contributed by atoms with Crippen LogP contribution in [0.4, 0.5) is 0 Å². The molecule has 0 amide bonds. The number of hydrogen-bond donors (Lipinski definition) is 0. The van der Waals surface area contributed by atoms with Crippen LogP contribution in [0.5, 0.6) is 0 Å². The summed E-state index contributed by atoms with van der Waals surface area (Å²) >= 11 is 0. The van der Waals surface area contributed by atoms with E-state index in [1.165, 1.54) is 10.7 Å². The van der Waals surface area contributed by atoms with Gasteiger partial charge in [-0.3, -0.25) is 9.59 Å². The third-order valence-electron chi connectivity index (χ3n) is 4.06. The minimum atomic E-state index is -0.503. The van der Waals surface area contributed by atoms with E-state index in [0.717, 1.165) is 16.3 Å². The number of rotatable bonds is 3. The van der Waals surface area contributed by atoms with Crippen LogP contribution in [-0.4, -0.2) is 15.6 Å². The molecule has 1 aromatic heterocycles. The van der Waals surface area contributed by atoms with Gasteiger partial charge < -0.3 is 0 Å². The number of hydrogen-bond acceptors (Lipinski definition) is 3. The molecule has 0 aliphatic rings. The van der Waals surface area contributed by atoms with Crippen LogP contribution < -0.4 is 5.56 Å². The Bertz CT molecular complexity index is 960. The third kappa shape index (κ3) is 3.13. The smallest absolute Gasteiger partial charge is 0.267 e. The normalized spacial score (nSPS) is 11.6. The van der Waals surface area contributed by atoms with Crippen molar-refractivity contribution in [2.75, 3.05) is 0 Å². The molecule has 2 aromatic carbocycles. The Morgan fingerprint density at radius 1 is 1.00 bits per heavy atom. The molecule has 122 valence electrons. The highest BCUT2D eigenvalue weighted by molar-refractivity contribution is 5.95. The second-order valence-corrected chi connectivity index (χ2v) is 6.91. The van der Waals surface area contributed by atoms with Gasteiger partial charge in [0.25, 0.3) is 5.56 Å². The van der Waals surface area contributed by atoms with Crippen LogP contribution in [-0.2, 0) is 11.3 Å². The van der Waals surface area contributed by atoms with Gasteiger partial charge in [0.2, 0.25) is 0 Å². The monoisotopic (exact) mass is 320 g/mol. The summed E-state index contributed by atoms with van der Waals surface area (Å²) in [6.45, 7) is 5.51. The van der Waals surface area contributed by atoms with Crippen molar-refractivity contribution >= 4 is 16.6 Å². The van der Waals surface area contributed by atoms with Gasteiger partial charge in [0, 0.05) is 17.0 Å². The van der Waals surface area contributed by atoms with E-state index < -0.39 is 5.41 Å². The molecule has 0 fully saturated rings. The molecule has 3 rings (SSSR count). The van der Waals surface area contributed by atoms with Gasteiger partial charge in [0.1, 0.15) is 6.54 Å². The first-order chi connectivity index (χ1) is 11.4. The number of aromatic nitrogens is 2. The molecule has 0 unspecified atom stereocenters. The van der Waals surface area contributed by atoms with E-state index in [-0.39, 0.29) is 17.9 Å². The molecule has 0 bridgehead atoms. The average Bonchev–Trinajstić information content (AvgIpc) is 2.55. The first-order valence-corrected chi connectivity index (χ1v) is 7.96. The minimum absolute atomic E-state index is 0.0130. The summed E-state index contributed by atoms with van der Waals surface area (Å²) in [5.74, 6) is -0.0211. The van der Waals surface area contributed by atoms with E-state index in [2.05, 4.69) is 5.10 Å². The molecule has 4 nitrogen and oxygen atoms in total. The highest BCUT2D eigenvalue weighted by Crippen LogP contribution is 2.26. The Morgan fingerprint density at radius 2 is 1.71 bits per heavy atom. The van der Waals surface area contributed by atoms with Crippen molar-refractivity contribution in [2.45, 2.75) is 27.3 Å². The maximum atomic E-state index is 12.2. The molecule has 0 aliphatic heterocycles. The lowest BCUT2D eigenvalue weighted by molar-refractivity contribution is -0.127. The fraction of sp³-hybridized carbons (Fsp3) is 0.250. The number of benzene rings is 2. The molecule has 0 spiro atoms. The van der Waals surface area contributed by atoms with E-state index in [4.69, 9.17) is 0 Å². The van der Waals surface area contributed by atoms with Crippen LogP contribution in [0.25, 0.3) is 22.0 Å². The van der Waals surface area contributed by atoms with Gasteiger partial charge >= 0.3 is 0 Å². The number of Topliss-reactive ketones (excluding diaryl/α,β-unsaturated/α-hetero) is 1. The zero-order chi connectivity index (χ0) is 17.3. The van der Waals surface area contributed by atoms with Gasteiger partial charge in [-0.2, -0.15) is 5.10 Å². The molecular weight excluding hydrogens is 300 g/mol. The molecule has 0 radical (unpaired) electrons. The van der Waals surface area contributed by atoms with Gasteiger partial charge in [0.15, 0.2) is 5.78 Å². The van der Waals surface area contributed by atoms with Crippen LogP contribution in [0.1, 0.15) is 20.8 Å². The molecule has 24 heavy (non-hydrogen) atoms. The molecule has 0 saturated heterocycles. The molecule has 0 atom stereocenters. The Balaban J connectivity index is 2.08. The van der Waals surface area contributed by atoms with E-state index in [9.17, 15) is 9.59 Å². The standard InChI is InChI=1S/C20H20N2O2/c1-20(2,3)18(23)13-22-19(24)12-11-17(21-22)16-10-6-8-14-7-4-5-9-15(14)16/h4-12H,13H2,1-3H3. The van der Waals surface area contributed by atoms with Gasteiger partial charge in [-0.15, -0.1) is 0 Å². The van der Waals surface area contributed by atoms with E-state index in [1.807, 2.05) is 63.2 Å². The van der Waals surface area contributed by atoms with Crippen molar-refractivity contribution < 1.29 is 4.79 Å². The first-order valence-electron chi connectivity index (χ1n) is 7.96. The lowest BCUT2D eigenvalue weighted by Crippen LogP contribution is -2.32. The summed E-state index contributed by atoms with van der Waals surface area (Å²) in [7, 11) is 0. The summed E-state index contributed by atoms with van der Waals surface area (Å²) in [6.07, 6.45) is 0. The SMILES string of the molecule is CC(C)(C)C(=O)Cn1nc(-c2cccc3ccccc23)ccc1=O. The predicted octanol–water partition coefficient (Wildman–Crippen LogP) is 3.68. The van der Waals surface area contributed by atoms with Crippen LogP contribution in [0.3, 0.4) is 0 Å². The quantitative estimate of drug-likeness (QED) is 0.740. The molecule has 1 heterocycles. The molecular formula is C20H20N2O2. The summed E-state index contributed by atoms with van der Waals surface area (Å²) in [6, 6.07) is 17.2. The first kappa shape index (κ1) is 16.1. The van der Waals surface area contributed by atoms with Gasteiger partial charge in [-0.05, 0) is 16.8 Å². The number of carbonyl (C=O) groups is 1. The maximum Gasteiger partial charge on any atom is 0.267 e. The number of ketones is 1. The lowest BCUT2D eigenvalue weighted by atomic mass is 9.91. The topological polar surface area (TPSA) is 52.0 Å².